The van der Waals surface area contributed by atoms with Crippen molar-refractivity contribution in [1.29, 1.82) is 0 Å². The van der Waals surface area contributed by atoms with Crippen LogP contribution < -0.4 is 0 Å². The lowest BCUT2D eigenvalue weighted by Gasteiger charge is -2.12. The Labute approximate surface area is 121 Å². The third kappa shape index (κ3) is 8.63. The van der Waals surface area contributed by atoms with Crippen molar-refractivity contribution < 1.29 is 0 Å². The van der Waals surface area contributed by atoms with Gasteiger partial charge < -0.3 is 0 Å². The van der Waals surface area contributed by atoms with E-state index in [-0.39, 0.29) is 0 Å². The Bertz CT molecular complexity index is 247. The Morgan fingerprint density at radius 2 is 1.28 bits per heavy atom. The number of benzene rings is 1. The molecule has 18 heavy (non-hydrogen) atoms. The molecular weight excluding hydrogens is 236 g/mol. The molecule has 0 heterocycles. The molecule has 0 fully saturated rings. The molecule has 1 aromatic rings. The predicted molar refractivity (Wildman–Crippen MR) is 89.8 cm³/mol. The minimum Gasteiger partial charge on any atom is -0.175 e. The molecule has 0 bridgehead atoms. The van der Waals surface area contributed by atoms with Gasteiger partial charge in [-0.2, -0.15) is 12.6 Å². The molecule has 1 heteroatoms. The summed E-state index contributed by atoms with van der Waals surface area (Å²) in [6.45, 7) is 12.8. The smallest absolute Gasteiger partial charge is 0.0154 e. The van der Waals surface area contributed by atoms with E-state index in [1.54, 1.807) is 0 Å². The summed E-state index contributed by atoms with van der Waals surface area (Å²) < 4.78 is 0. The van der Waals surface area contributed by atoms with E-state index >= 15 is 0 Å². The van der Waals surface area contributed by atoms with Gasteiger partial charge in [0.05, 0.1) is 0 Å². The molecule has 0 spiro atoms. The summed E-state index contributed by atoms with van der Waals surface area (Å²) in [7, 11) is 0. The Hall–Kier alpha value is -0.430. The molecule has 0 aliphatic heterocycles. The van der Waals surface area contributed by atoms with E-state index in [1.807, 2.05) is 13.8 Å². The van der Waals surface area contributed by atoms with Crippen LogP contribution in [0.1, 0.15) is 77.8 Å². The van der Waals surface area contributed by atoms with Crippen molar-refractivity contribution in [3.8, 4) is 0 Å². The van der Waals surface area contributed by atoms with E-state index in [2.05, 4.69) is 64.6 Å². The van der Waals surface area contributed by atoms with Crippen molar-refractivity contribution in [2.75, 3.05) is 0 Å². The molecule has 0 saturated heterocycles. The van der Waals surface area contributed by atoms with Crippen LogP contribution in [0, 0.1) is 0 Å². The molecule has 0 amide bonds. The van der Waals surface area contributed by atoms with Crippen LogP contribution in [0.25, 0.3) is 0 Å². The molecule has 1 rings (SSSR count). The summed E-state index contributed by atoms with van der Waals surface area (Å²) >= 11 is 4.24. The molecule has 0 saturated carbocycles. The van der Waals surface area contributed by atoms with Crippen molar-refractivity contribution >= 4 is 12.6 Å². The van der Waals surface area contributed by atoms with Gasteiger partial charge in [0.2, 0.25) is 0 Å². The molecule has 0 N–H and O–H groups in total. The van der Waals surface area contributed by atoms with E-state index in [0.29, 0.717) is 0 Å². The molecule has 106 valence electrons. The lowest BCUT2D eigenvalue weighted by Crippen LogP contribution is -1.95. The van der Waals surface area contributed by atoms with Gasteiger partial charge in [0.25, 0.3) is 0 Å². The fraction of sp³-hybridized carbons (Fsp3) is 0.647. The molecule has 0 unspecified atom stereocenters. The van der Waals surface area contributed by atoms with Crippen molar-refractivity contribution in [2.24, 2.45) is 0 Å². The standard InChI is InChI=1S/C12H18S.C3H8.C2H6/c1-3-11(4-2)12-7-5-10(9-13)6-8-12;1-3-2;1-2/h5-8,11,13H,3-4,9H2,1-2H3;3H2,1-2H3;1-2H3. The molecule has 0 nitrogen and oxygen atoms in total. The molecule has 0 aliphatic carbocycles. The van der Waals surface area contributed by atoms with E-state index < -0.39 is 0 Å². The van der Waals surface area contributed by atoms with Crippen LogP contribution in [0.4, 0.5) is 0 Å². The van der Waals surface area contributed by atoms with Crippen LogP contribution in [-0.4, -0.2) is 0 Å². The van der Waals surface area contributed by atoms with Crippen molar-refractivity contribution in [3.63, 3.8) is 0 Å². The van der Waals surface area contributed by atoms with Crippen LogP contribution >= 0.6 is 12.6 Å². The van der Waals surface area contributed by atoms with Crippen LogP contribution in [0.5, 0.6) is 0 Å². The van der Waals surface area contributed by atoms with Gasteiger partial charge in [-0.15, -0.1) is 0 Å². The summed E-state index contributed by atoms with van der Waals surface area (Å²) in [5.41, 5.74) is 2.77. The molecule has 0 radical (unpaired) electrons. The number of hydrogen-bond acceptors (Lipinski definition) is 1. The average Bonchev–Trinajstić information content (AvgIpc) is 2.44. The van der Waals surface area contributed by atoms with E-state index in [1.165, 1.54) is 30.4 Å². The molecule has 1 aromatic carbocycles. The Kier molecular flexibility index (Phi) is 16.2. The lowest BCUT2D eigenvalue weighted by molar-refractivity contribution is 0.642. The summed E-state index contributed by atoms with van der Waals surface area (Å²) in [4.78, 5) is 0. The number of rotatable bonds is 4. The van der Waals surface area contributed by atoms with Crippen molar-refractivity contribution in [2.45, 2.75) is 72.5 Å². The van der Waals surface area contributed by atoms with Crippen molar-refractivity contribution in [3.05, 3.63) is 35.4 Å². The quantitative estimate of drug-likeness (QED) is 0.595. The third-order valence-corrected chi connectivity index (χ3v) is 2.98. The highest BCUT2D eigenvalue weighted by Crippen LogP contribution is 2.23. The zero-order valence-corrected chi connectivity index (χ0v) is 14.1. The minimum absolute atomic E-state index is 0.731. The lowest BCUT2D eigenvalue weighted by atomic mass is 9.93. The fourth-order valence-corrected chi connectivity index (χ4v) is 1.87. The predicted octanol–water partition coefficient (Wildman–Crippen LogP) is 6.46. The normalized spacial score (nSPS) is 9.11. The van der Waals surface area contributed by atoms with Gasteiger partial charge in [0.1, 0.15) is 0 Å². The van der Waals surface area contributed by atoms with Gasteiger partial charge >= 0.3 is 0 Å². The second-order valence-electron chi connectivity index (χ2n) is 4.12. The summed E-state index contributed by atoms with van der Waals surface area (Å²) in [6, 6.07) is 8.84. The van der Waals surface area contributed by atoms with E-state index in [4.69, 9.17) is 0 Å². The number of thiol groups is 1. The van der Waals surface area contributed by atoms with E-state index in [0.717, 1.165) is 11.7 Å². The second kappa shape index (κ2) is 14.6. The largest absolute Gasteiger partial charge is 0.175 e. The Balaban J connectivity index is 0. The van der Waals surface area contributed by atoms with Gasteiger partial charge in [0.15, 0.2) is 0 Å². The van der Waals surface area contributed by atoms with Gasteiger partial charge in [-0.05, 0) is 29.9 Å². The zero-order chi connectivity index (χ0) is 14.4. The maximum absolute atomic E-state index is 4.24. The van der Waals surface area contributed by atoms with Gasteiger partial charge in [-0.25, -0.2) is 0 Å². The monoisotopic (exact) mass is 268 g/mol. The molecule has 0 atom stereocenters. The first-order chi connectivity index (χ1) is 8.73. The Morgan fingerprint density at radius 3 is 1.56 bits per heavy atom. The van der Waals surface area contributed by atoms with E-state index in [9.17, 15) is 0 Å². The average molecular weight is 269 g/mol. The topological polar surface area (TPSA) is 0 Å². The van der Waals surface area contributed by atoms with Gasteiger partial charge in [-0.1, -0.05) is 72.2 Å². The van der Waals surface area contributed by atoms with Gasteiger partial charge in [0, 0.05) is 5.75 Å². The highest BCUT2D eigenvalue weighted by molar-refractivity contribution is 7.79. The maximum Gasteiger partial charge on any atom is 0.0154 e. The van der Waals surface area contributed by atoms with Crippen LogP contribution in [0.15, 0.2) is 24.3 Å². The maximum atomic E-state index is 4.24. The molecule has 0 aromatic heterocycles. The first-order valence-corrected chi connectivity index (χ1v) is 8.06. The second-order valence-corrected chi connectivity index (χ2v) is 4.44. The van der Waals surface area contributed by atoms with Gasteiger partial charge in [-0.3, -0.25) is 0 Å². The highest BCUT2D eigenvalue weighted by atomic mass is 32.1. The Morgan fingerprint density at radius 1 is 0.889 bits per heavy atom. The summed E-state index contributed by atoms with van der Waals surface area (Å²) in [5.74, 6) is 1.57. The minimum atomic E-state index is 0.731. The van der Waals surface area contributed by atoms with Crippen LogP contribution in [0.3, 0.4) is 0 Å². The SMILES string of the molecule is CC.CCC.CCC(CC)c1ccc(CS)cc1. The van der Waals surface area contributed by atoms with Crippen LogP contribution in [-0.2, 0) is 5.75 Å². The van der Waals surface area contributed by atoms with Crippen LogP contribution in [0.2, 0.25) is 0 Å². The summed E-state index contributed by atoms with van der Waals surface area (Å²) in [5, 5.41) is 0. The third-order valence-electron chi connectivity index (χ3n) is 2.62. The number of hydrogen-bond donors (Lipinski definition) is 1. The first-order valence-electron chi connectivity index (χ1n) is 7.42. The van der Waals surface area contributed by atoms with Crippen molar-refractivity contribution in [1.82, 2.24) is 0 Å². The summed E-state index contributed by atoms with van der Waals surface area (Å²) in [6.07, 6.45) is 3.72. The highest BCUT2D eigenvalue weighted by Gasteiger charge is 2.05. The fourth-order valence-electron chi connectivity index (χ4n) is 1.66. The zero-order valence-electron chi connectivity index (χ0n) is 13.2. The molecule has 0 aliphatic rings. The first kappa shape index (κ1) is 19.9. The molecular formula is C17H32S.